The Morgan fingerprint density at radius 1 is 1.50 bits per heavy atom. The summed E-state index contributed by atoms with van der Waals surface area (Å²) in [5, 5.41) is 1.71. The summed E-state index contributed by atoms with van der Waals surface area (Å²) >= 11 is 1.05. The van der Waals surface area contributed by atoms with Crippen LogP contribution in [0.1, 0.15) is 13.8 Å². The highest BCUT2D eigenvalue weighted by Crippen LogP contribution is 2.59. The van der Waals surface area contributed by atoms with Crippen LogP contribution in [0.15, 0.2) is 0 Å². The molecule has 1 heterocycles. The van der Waals surface area contributed by atoms with Crippen molar-refractivity contribution in [2.24, 2.45) is 5.41 Å². The number of amides is 1. The van der Waals surface area contributed by atoms with E-state index in [-0.39, 0.29) is 5.91 Å². The SMILES string of the molecule is COP(=O)(OC)SCN1CC(C)(C)C(=O)N1. The number of carbonyl (C=O) groups excluding carboxylic acids is 1. The van der Waals surface area contributed by atoms with E-state index >= 15 is 0 Å². The fraction of sp³-hybridized carbons (Fsp3) is 0.875. The molecule has 1 N–H and O–H groups in total. The number of carbonyl (C=O) groups is 1. The molecule has 1 aliphatic heterocycles. The molecule has 0 saturated carbocycles. The highest BCUT2D eigenvalue weighted by atomic mass is 32.7. The Morgan fingerprint density at radius 3 is 2.44 bits per heavy atom. The lowest BCUT2D eigenvalue weighted by Crippen LogP contribution is -2.32. The van der Waals surface area contributed by atoms with Crippen molar-refractivity contribution in [1.82, 2.24) is 10.4 Å². The lowest BCUT2D eigenvalue weighted by molar-refractivity contribution is -0.126. The van der Waals surface area contributed by atoms with Crippen molar-refractivity contribution in [1.29, 1.82) is 0 Å². The summed E-state index contributed by atoms with van der Waals surface area (Å²) in [6.07, 6.45) is 0. The Labute approximate surface area is 99.3 Å². The monoisotopic (exact) mass is 268 g/mol. The molecule has 8 heteroatoms. The maximum atomic E-state index is 11.7. The van der Waals surface area contributed by atoms with Gasteiger partial charge in [-0.1, -0.05) is 0 Å². The summed E-state index contributed by atoms with van der Waals surface area (Å²) in [7, 11) is 2.67. The summed E-state index contributed by atoms with van der Waals surface area (Å²) in [4.78, 5) is 11.5. The molecule has 1 aliphatic rings. The Morgan fingerprint density at radius 2 is 2.06 bits per heavy atom. The van der Waals surface area contributed by atoms with Crippen LogP contribution < -0.4 is 5.43 Å². The van der Waals surface area contributed by atoms with Gasteiger partial charge in [0.1, 0.15) is 0 Å². The molecule has 1 rings (SSSR count). The predicted molar refractivity (Wildman–Crippen MR) is 62.7 cm³/mol. The average molecular weight is 268 g/mol. The maximum absolute atomic E-state index is 11.7. The van der Waals surface area contributed by atoms with Gasteiger partial charge in [-0.25, -0.2) is 9.57 Å². The summed E-state index contributed by atoms with van der Waals surface area (Å²) in [6, 6.07) is 0. The zero-order valence-corrected chi connectivity index (χ0v) is 11.6. The van der Waals surface area contributed by atoms with Gasteiger partial charge in [0, 0.05) is 20.8 Å². The van der Waals surface area contributed by atoms with Crippen molar-refractivity contribution < 1.29 is 18.4 Å². The molecule has 16 heavy (non-hydrogen) atoms. The van der Waals surface area contributed by atoms with E-state index < -0.39 is 12.2 Å². The second-order valence-corrected chi connectivity index (χ2v) is 8.35. The van der Waals surface area contributed by atoms with Crippen LogP contribution in [0.5, 0.6) is 0 Å². The summed E-state index contributed by atoms with van der Waals surface area (Å²) in [5.74, 6) is 0.339. The van der Waals surface area contributed by atoms with Gasteiger partial charge in [-0.05, 0) is 25.2 Å². The molecule has 0 aromatic rings. The number of nitrogens with zero attached hydrogens (tertiary/aromatic N) is 1. The fourth-order valence-corrected chi connectivity index (χ4v) is 3.55. The predicted octanol–water partition coefficient (Wildman–Crippen LogP) is 1.45. The number of hydrogen-bond donors (Lipinski definition) is 1. The third-order valence-electron chi connectivity index (χ3n) is 2.28. The zero-order valence-electron chi connectivity index (χ0n) is 9.85. The minimum absolute atomic E-state index is 0.0298. The van der Waals surface area contributed by atoms with Crippen LogP contribution >= 0.6 is 18.2 Å². The Hall–Kier alpha value is -0.0700. The number of hydrogen-bond acceptors (Lipinski definition) is 6. The molecule has 6 nitrogen and oxygen atoms in total. The minimum Gasteiger partial charge on any atom is -0.304 e. The lowest BCUT2D eigenvalue weighted by Gasteiger charge is -2.18. The van der Waals surface area contributed by atoms with Crippen molar-refractivity contribution >= 4 is 24.1 Å². The third-order valence-corrected chi connectivity index (χ3v) is 6.11. The topological polar surface area (TPSA) is 67.9 Å². The molecule has 1 saturated heterocycles. The summed E-state index contributed by atoms with van der Waals surface area (Å²) in [6.45, 7) is 1.22. The third kappa shape index (κ3) is 3.21. The average Bonchev–Trinajstić information content (AvgIpc) is 2.50. The highest BCUT2D eigenvalue weighted by molar-refractivity contribution is 8.55. The number of nitrogens with one attached hydrogen (secondary N) is 1. The van der Waals surface area contributed by atoms with E-state index in [1.165, 1.54) is 14.2 Å². The van der Waals surface area contributed by atoms with E-state index in [2.05, 4.69) is 5.43 Å². The first kappa shape index (κ1) is 14.0. The van der Waals surface area contributed by atoms with Crippen molar-refractivity contribution in [3.8, 4) is 0 Å². The second kappa shape index (κ2) is 5.06. The van der Waals surface area contributed by atoms with E-state index in [0.717, 1.165) is 11.4 Å². The smallest absolute Gasteiger partial charge is 0.304 e. The van der Waals surface area contributed by atoms with Crippen molar-refractivity contribution in [3.05, 3.63) is 0 Å². The first-order valence-corrected chi connectivity index (χ1v) is 7.88. The molecule has 0 aromatic heterocycles. The van der Waals surface area contributed by atoms with Gasteiger partial charge >= 0.3 is 6.80 Å². The van der Waals surface area contributed by atoms with Crippen molar-refractivity contribution in [2.45, 2.75) is 13.8 Å². The van der Waals surface area contributed by atoms with E-state index in [4.69, 9.17) is 9.05 Å². The quantitative estimate of drug-likeness (QED) is 0.761. The molecule has 1 amide bonds. The van der Waals surface area contributed by atoms with Crippen LogP contribution in [0.2, 0.25) is 0 Å². The van der Waals surface area contributed by atoms with E-state index in [1.807, 2.05) is 13.8 Å². The zero-order chi connectivity index (χ0) is 12.4. The standard InChI is InChI=1S/C8H17N2O4PS/c1-8(2)5-10(9-7(8)11)6-16-15(12,13-3)14-4/h5-6H2,1-4H3,(H,9,11). The maximum Gasteiger partial charge on any atom is 0.389 e. The van der Waals surface area contributed by atoms with Crippen LogP contribution in [0.4, 0.5) is 0 Å². The molecule has 0 unspecified atom stereocenters. The Kier molecular flexibility index (Phi) is 4.42. The fourth-order valence-electron chi connectivity index (χ4n) is 1.28. The molecular formula is C8H17N2O4PS. The minimum atomic E-state index is -3.07. The lowest BCUT2D eigenvalue weighted by atomic mass is 9.94. The molecule has 0 aliphatic carbocycles. The number of rotatable bonds is 5. The molecular weight excluding hydrogens is 251 g/mol. The van der Waals surface area contributed by atoms with Gasteiger partial charge in [0.15, 0.2) is 0 Å². The van der Waals surface area contributed by atoms with E-state index in [1.54, 1.807) is 5.01 Å². The molecule has 0 bridgehead atoms. The molecule has 1 fully saturated rings. The van der Waals surface area contributed by atoms with E-state index in [9.17, 15) is 9.36 Å². The largest absolute Gasteiger partial charge is 0.389 e. The summed E-state index contributed by atoms with van der Waals surface area (Å²) in [5.41, 5.74) is 2.29. The molecule has 0 radical (unpaired) electrons. The van der Waals surface area contributed by atoms with Gasteiger partial charge in [0.2, 0.25) is 5.91 Å². The van der Waals surface area contributed by atoms with Gasteiger partial charge in [-0.15, -0.1) is 0 Å². The van der Waals surface area contributed by atoms with Crippen LogP contribution in [0.3, 0.4) is 0 Å². The van der Waals surface area contributed by atoms with Gasteiger partial charge in [0.05, 0.1) is 11.3 Å². The molecule has 0 spiro atoms. The molecule has 0 aromatic carbocycles. The van der Waals surface area contributed by atoms with Gasteiger partial charge in [-0.3, -0.25) is 10.2 Å². The van der Waals surface area contributed by atoms with Crippen LogP contribution in [-0.2, 0) is 18.4 Å². The number of hydrazine groups is 1. The van der Waals surface area contributed by atoms with Gasteiger partial charge in [0.25, 0.3) is 0 Å². The molecule has 0 atom stereocenters. The van der Waals surface area contributed by atoms with Crippen molar-refractivity contribution in [3.63, 3.8) is 0 Å². The van der Waals surface area contributed by atoms with Crippen molar-refractivity contribution in [2.75, 3.05) is 26.6 Å². The van der Waals surface area contributed by atoms with Crippen LogP contribution in [0, 0.1) is 5.41 Å². The highest BCUT2D eigenvalue weighted by Gasteiger charge is 2.38. The molecule has 94 valence electrons. The second-order valence-electron chi connectivity index (χ2n) is 4.09. The van der Waals surface area contributed by atoms with Crippen LogP contribution in [0.25, 0.3) is 0 Å². The summed E-state index contributed by atoms with van der Waals surface area (Å²) < 4.78 is 21.3. The Balaban J connectivity index is 2.47. The first-order valence-electron chi connectivity index (χ1n) is 4.75. The van der Waals surface area contributed by atoms with Crippen LogP contribution in [-0.4, -0.2) is 37.6 Å². The first-order chi connectivity index (χ1) is 7.33. The van der Waals surface area contributed by atoms with Gasteiger partial charge in [-0.2, -0.15) is 0 Å². The van der Waals surface area contributed by atoms with E-state index in [0.29, 0.717) is 12.4 Å². The van der Waals surface area contributed by atoms with Gasteiger partial charge < -0.3 is 9.05 Å². The normalized spacial score (nSPS) is 21.1. The Bertz CT molecular complexity index is 315.